The van der Waals surface area contributed by atoms with Crippen LogP contribution in [0.15, 0.2) is 47.5 Å². The minimum Gasteiger partial charge on any atom is -0.465 e. The molecule has 1 aliphatic heterocycles. The van der Waals surface area contributed by atoms with Gasteiger partial charge in [-0.05, 0) is 43.3 Å². The SMILES string of the molecule is CCn1c(=NC(=O)c2cccc(N3C(=O)CCC3=O)c2)sc2cc(C(=O)OC)ccc21. The lowest BCUT2D eigenvalue weighted by atomic mass is 10.2. The van der Waals surface area contributed by atoms with E-state index in [0.717, 1.165) is 15.1 Å². The topological polar surface area (TPSA) is 98.0 Å². The smallest absolute Gasteiger partial charge is 0.337 e. The number of hydrogen-bond acceptors (Lipinski definition) is 6. The first-order chi connectivity index (χ1) is 14.9. The summed E-state index contributed by atoms with van der Waals surface area (Å²) in [4.78, 5) is 54.6. The Morgan fingerprint density at radius 3 is 2.48 bits per heavy atom. The standard InChI is InChI=1S/C22H19N3O5S/c1-3-24-16-8-7-14(21(29)30-2)12-17(16)31-22(24)23-20(28)13-5-4-6-15(11-13)25-18(26)9-10-19(25)27/h4-8,11-12H,3,9-10H2,1-2H3. The van der Waals surface area contributed by atoms with Crippen molar-refractivity contribution in [2.24, 2.45) is 4.99 Å². The fourth-order valence-electron chi connectivity index (χ4n) is 3.50. The Kier molecular flexibility index (Phi) is 5.51. The highest BCUT2D eigenvalue weighted by Gasteiger charge is 2.30. The summed E-state index contributed by atoms with van der Waals surface area (Å²) in [5.41, 5.74) is 1.93. The van der Waals surface area contributed by atoms with Crippen LogP contribution in [0.5, 0.6) is 0 Å². The molecule has 1 aliphatic rings. The molecule has 0 N–H and O–H groups in total. The molecular formula is C22H19N3O5S. The van der Waals surface area contributed by atoms with Crippen molar-refractivity contribution in [3.8, 4) is 0 Å². The van der Waals surface area contributed by atoms with E-state index in [1.165, 1.54) is 24.5 Å². The van der Waals surface area contributed by atoms with Crippen LogP contribution in [0.4, 0.5) is 5.69 Å². The van der Waals surface area contributed by atoms with Crippen LogP contribution in [0.2, 0.25) is 0 Å². The van der Waals surface area contributed by atoms with Crippen LogP contribution in [-0.2, 0) is 20.9 Å². The lowest BCUT2D eigenvalue weighted by molar-refractivity contribution is -0.121. The second kappa shape index (κ2) is 8.27. The number of benzene rings is 2. The van der Waals surface area contributed by atoms with Gasteiger partial charge in [-0.15, -0.1) is 0 Å². The van der Waals surface area contributed by atoms with E-state index < -0.39 is 11.9 Å². The molecule has 8 nitrogen and oxygen atoms in total. The van der Waals surface area contributed by atoms with Gasteiger partial charge in [0.05, 0.1) is 28.6 Å². The summed E-state index contributed by atoms with van der Waals surface area (Å²) in [7, 11) is 1.32. The molecule has 9 heteroatoms. The van der Waals surface area contributed by atoms with Crippen molar-refractivity contribution in [2.45, 2.75) is 26.3 Å². The number of ether oxygens (including phenoxy) is 1. The number of carbonyl (C=O) groups is 4. The van der Waals surface area contributed by atoms with E-state index in [1.807, 2.05) is 11.5 Å². The fourth-order valence-corrected chi connectivity index (χ4v) is 4.63. The number of anilines is 1. The van der Waals surface area contributed by atoms with Gasteiger partial charge in [-0.3, -0.25) is 19.3 Å². The average molecular weight is 437 g/mol. The van der Waals surface area contributed by atoms with Gasteiger partial charge in [0, 0.05) is 24.9 Å². The summed E-state index contributed by atoms with van der Waals surface area (Å²) >= 11 is 1.29. The number of hydrogen-bond donors (Lipinski definition) is 0. The molecule has 4 rings (SSSR count). The summed E-state index contributed by atoms with van der Waals surface area (Å²) < 4.78 is 7.46. The lowest BCUT2D eigenvalue weighted by Gasteiger charge is -2.14. The molecule has 31 heavy (non-hydrogen) atoms. The van der Waals surface area contributed by atoms with E-state index in [-0.39, 0.29) is 30.2 Å². The summed E-state index contributed by atoms with van der Waals surface area (Å²) in [6, 6.07) is 11.5. The Morgan fingerprint density at radius 1 is 1.06 bits per heavy atom. The molecule has 2 aromatic carbocycles. The molecule has 1 fully saturated rings. The Morgan fingerprint density at radius 2 is 1.81 bits per heavy atom. The van der Waals surface area contributed by atoms with Crippen LogP contribution >= 0.6 is 11.3 Å². The molecule has 3 aromatic rings. The number of fused-ring (bicyclic) bond motifs is 1. The van der Waals surface area contributed by atoms with Crippen LogP contribution in [-0.4, -0.2) is 35.4 Å². The summed E-state index contributed by atoms with van der Waals surface area (Å²) in [6.07, 6.45) is 0.348. The van der Waals surface area contributed by atoms with E-state index in [0.29, 0.717) is 22.6 Å². The van der Waals surface area contributed by atoms with Gasteiger partial charge < -0.3 is 9.30 Å². The highest BCUT2D eigenvalue weighted by molar-refractivity contribution is 7.16. The monoisotopic (exact) mass is 437 g/mol. The first kappa shape index (κ1) is 20.7. The van der Waals surface area contributed by atoms with Crippen molar-refractivity contribution >= 4 is 50.9 Å². The van der Waals surface area contributed by atoms with Crippen molar-refractivity contribution in [1.29, 1.82) is 0 Å². The maximum atomic E-state index is 12.9. The van der Waals surface area contributed by atoms with E-state index in [9.17, 15) is 19.2 Å². The number of methoxy groups -OCH3 is 1. The molecule has 0 radical (unpaired) electrons. The van der Waals surface area contributed by atoms with Crippen molar-refractivity contribution < 1.29 is 23.9 Å². The maximum absolute atomic E-state index is 12.9. The quantitative estimate of drug-likeness (QED) is 0.462. The predicted molar refractivity (Wildman–Crippen MR) is 115 cm³/mol. The molecule has 0 aliphatic carbocycles. The van der Waals surface area contributed by atoms with Gasteiger partial charge in [0.15, 0.2) is 4.80 Å². The van der Waals surface area contributed by atoms with Crippen LogP contribution < -0.4 is 9.70 Å². The highest BCUT2D eigenvalue weighted by Crippen LogP contribution is 2.24. The van der Waals surface area contributed by atoms with Crippen LogP contribution in [0, 0.1) is 0 Å². The average Bonchev–Trinajstić information content (AvgIpc) is 3.30. The first-order valence-electron chi connectivity index (χ1n) is 9.69. The number of nitrogens with zero attached hydrogens (tertiary/aromatic N) is 3. The molecule has 1 aromatic heterocycles. The molecule has 1 saturated heterocycles. The Balaban J connectivity index is 1.74. The molecule has 158 valence electrons. The highest BCUT2D eigenvalue weighted by atomic mass is 32.1. The first-order valence-corrected chi connectivity index (χ1v) is 10.5. The predicted octanol–water partition coefficient (Wildman–Crippen LogP) is 2.90. The zero-order valence-corrected chi connectivity index (χ0v) is 17.8. The number of carbonyl (C=O) groups excluding carboxylic acids is 4. The Labute approximate surface area is 181 Å². The molecule has 0 bridgehead atoms. The zero-order valence-electron chi connectivity index (χ0n) is 17.0. The number of imide groups is 1. The van der Waals surface area contributed by atoms with Gasteiger partial charge in [-0.2, -0.15) is 4.99 Å². The third-order valence-electron chi connectivity index (χ3n) is 5.02. The third-order valence-corrected chi connectivity index (χ3v) is 6.06. The van der Waals surface area contributed by atoms with Gasteiger partial charge in [0.2, 0.25) is 11.8 Å². The minimum atomic E-state index is -0.483. The molecular weight excluding hydrogens is 418 g/mol. The van der Waals surface area contributed by atoms with E-state index >= 15 is 0 Å². The second-order valence-corrected chi connectivity index (χ2v) is 7.90. The molecule has 0 unspecified atom stereocenters. The molecule has 2 heterocycles. The number of aryl methyl sites for hydroxylation is 1. The minimum absolute atomic E-state index is 0.174. The molecule has 0 saturated carbocycles. The summed E-state index contributed by atoms with van der Waals surface area (Å²) in [6.45, 7) is 2.52. The number of thiazole rings is 1. The van der Waals surface area contributed by atoms with Crippen molar-refractivity contribution in [2.75, 3.05) is 12.0 Å². The molecule has 3 amide bonds. The van der Waals surface area contributed by atoms with E-state index in [2.05, 4.69) is 4.99 Å². The number of rotatable bonds is 4. The summed E-state index contributed by atoms with van der Waals surface area (Å²) in [5.74, 6) is -1.47. The number of aromatic nitrogens is 1. The van der Waals surface area contributed by atoms with Crippen LogP contribution in [0.1, 0.15) is 40.5 Å². The largest absolute Gasteiger partial charge is 0.465 e. The van der Waals surface area contributed by atoms with Gasteiger partial charge in [-0.1, -0.05) is 17.4 Å². The Bertz CT molecular complexity index is 1290. The van der Waals surface area contributed by atoms with Crippen molar-refractivity contribution in [3.05, 3.63) is 58.4 Å². The van der Waals surface area contributed by atoms with Crippen LogP contribution in [0.3, 0.4) is 0 Å². The second-order valence-electron chi connectivity index (χ2n) is 6.89. The number of amides is 3. The van der Waals surface area contributed by atoms with Crippen LogP contribution in [0.25, 0.3) is 10.2 Å². The Hall–Kier alpha value is -3.59. The maximum Gasteiger partial charge on any atom is 0.337 e. The van der Waals surface area contributed by atoms with Gasteiger partial charge in [0.1, 0.15) is 0 Å². The van der Waals surface area contributed by atoms with Crippen molar-refractivity contribution in [1.82, 2.24) is 4.57 Å². The van der Waals surface area contributed by atoms with Gasteiger partial charge in [0.25, 0.3) is 5.91 Å². The normalized spacial score (nSPS) is 14.5. The fraction of sp³-hybridized carbons (Fsp3) is 0.227. The van der Waals surface area contributed by atoms with Crippen molar-refractivity contribution in [3.63, 3.8) is 0 Å². The lowest BCUT2D eigenvalue weighted by Crippen LogP contribution is -2.28. The van der Waals surface area contributed by atoms with Gasteiger partial charge in [-0.25, -0.2) is 4.79 Å². The molecule has 0 atom stereocenters. The zero-order chi connectivity index (χ0) is 22.1. The van der Waals surface area contributed by atoms with E-state index in [4.69, 9.17) is 4.74 Å². The molecule has 0 spiro atoms. The van der Waals surface area contributed by atoms with Gasteiger partial charge >= 0.3 is 5.97 Å². The third kappa shape index (κ3) is 3.79. The summed E-state index contributed by atoms with van der Waals surface area (Å²) in [5, 5.41) is 0. The van der Waals surface area contributed by atoms with E-state index in [1.54, 1.807) is 36.4 Å². The number of esters is 1.